The van der Waals surface area contributed by atoms with E-state index in [-0.39, 0.29) is 10.6 Å². The van der Waals surface area contributed by atoms with Crippen molar-refractivity contribution in [2.24, 2.45) is 0 Å². The van der Waals surface area contributed by atoms with E-state index in [0.29, 0.717) is 10.1 Å². The van der Waals surface area contributed by atoms with Crippen LogP contribution in [0.15, 0.2) is 22.7 Å². The van der Waals surface area contributed by atoms with E-state index in [2.05, 4.69) is 15.9 Å². The maximum atomic E-state index is 12.6. The molecule has 14 heavy (non-hydrogen) atoms. The number of hydrogen-bond donors (Lipinski definition) is 1. The molecular formula is C9H5BrF2OS. The summed E-state index contributed by atoms with van der Waals surface area (Å²) in [6.45, 7) is 0. The molecule has 0 saturated carbocycles. The predicted octanol–water partition coefficient (Wildman–Crippen LogP) is 4.31. The van der Waals surface area contributed by atoms with Gasteiger partial charge in [-0.2, -0.15) is 0 Å². The second kappa shape index (κ2) is 3.47. The van der Waals surface area contributed by atoms with Gasteiger partial charge in [0.1, 0.15) is 0 Å². The highest BCUT2D eigenvalue weighted by molar-refractivity contribution is 9.10. The van der Waals surface area contributed by atoms with Gasteiger partial charge in [0.25, 0.3) is 6.43 Å². The van der Waals surface area contributed by atoms with Crippen molar-refractivity contribution in [3.8, 4) is 5.06 Å². The third kappa shape index (κ3) is 1.40. The zero-order valence-electron chi connectivity index (χ0n) is 6.80. The van der Waals surface area contributed by atoms with Gasteiger partial charge < -0.3 is 5.11 Å². The maximum absolute atomic E-state index is 12.6. The van der Waals surface area contributed by atoms with Crippen LogP contribution in [0.25, 0.3) is 10.1 Å². The molecule has 2 rings (SSSR count). The molecule has 0 aliphatic carbocycles. The minimum absolute atomic E-state index is 0.272. The highest BCUT2D eigenvalue weighted by atomic mass is 79.9. The van der Waals surface area contributed by atoms with E-state index in [4.69, 9.17) is 0 Å². The Kier molecular flexibility index (Phi) is 2.45. The van der Waals surface area contributed by atoms with Crippen LogP contribution in [0.4, 0.5) is 8.78 Å². The van der Waals surface area contributed by atoms with E-state index in [9.17, 15) is 13.9 Å². The third-order valence-corrected chi connectivity index (χ3v) is 3.89. The molecule has 0 fully saturated rings. The van der Waals surface area contributed by atoms with Crippen molar-refractivity contribution in [2.75, 3.05) is 0 Å². The lowest BCUT2D eigenvalue weighted by atomic mass is 10.2. The zero-order valence-corrected chi connectivity index (χ0v) is 9.20. The molecule has 0 atom stereocenters. The van der Waals surface area contributed by atoms with Crippen LogP contribution in [0, 0.1) is 0 Å². The molecule has 1 aromatic carbocycles. The standard InChI is InChI=1S/C9H5BrF2OS/c10-5-3-1-2-4-6(8(11)12)9(13)14-7(4)5/h1-3,8,13H. The molecule has 0 bridgehead atoms. The van der Waals surface area contributed by atoms with Crippen molar-refractivity contribution < 1.29 is 13.9 Å². The molecule has 2 aromatic rings. The SMILES string of the molecule is Oc1sc2c(Br)cccc2c1C(F)F. The van der Waals surface area contributed by atoms with Crippen LogP contribution in [-0.4, -0.2) is 5.11 Å². The Morgan fingerprint density at radius 3 is 2.71 bits per heavy atom. The molecule has 1 aromatic heterocycles. The van der Waals surface area contributed by atoms with Gasteiger partial charge in [-0.1, -0.05) is 23.5 Å². The number of benzene rings is 1. The summed E-state index contributed by atoms with van der Waals surface area (Å²) in [6.07, 6.45) is -2.64. The van der Waals surface area contributed by atoms with Crippen molar-refractivity contribution in [1.29, 1.82) is 0 Å². The Morgan fingerprint density at radius 2 is 2.07 bits per heavy atom. The second-order valence-electron chi connectivity index (χ2n) is 2.74. The van der Waals surface area contributed by atoms with Gasteiger partial charge in [0, 0.05) is 9.86 Å². The van der Waals surface area contributed by atoms with Crippen LogP contribution in [0.1, 0.15) is 12.0 Å². The van der Waals surface area contributed by atoms with Gasteiger partial charge in [0.15, 0.2) is 5.06 Å². The van der Waals surface area contributed by atoms with Gasteiger partial charge >= 0.3 is 0 Å². The molecule has 0 aliphatic rings. The molecule has 0 radical (unpaired) electrons. The average molecular weight is 279 g/mol. The first-order valence-corrected chi connectivity index (χ1v) is 5.40. The number of thiophene rings is 1. The summed E-state index contributed by atoms with van der Waals surface area (Å²) < 4.78 is 26.5. The van der Waals surface area contributed by atoms with Crippen LogP contribution >= 0.6 is 27.3 Å². The van der Waals surface area contributed by atoms with Crippen LogP contribution < -0.4 is 0 Å². The zero-order chi connectivity index (χ0) is 10.3. The monoisotopic (exact) mass is 278 g/mol. The van der Waals surface area contributed by atoms with Crippen LogP contribution in [0.2, 0.25) is 0 Å². The lowest BCUT2D eigenvalue weighted by molar-refractivity contribution is 0.150. The number of aromatic hydroxyl groups is 1. The third-order valence-electron chi connectivity index (χ3n) is 1.90. The van der Waals surface area contributed by atoms with Gasteiger partial charge in [-0.15, -0.1) is 0 Å². The largest absolute Gasteiger partial charge is 0.499 e. The molecule has 0 amide bonds. The van der Waals surface area contributed by atoms with Crippen LogP contribution in [0.3, 0.4) is 0 Å². The molecule has 74 valence electrons. The first-order chi connectivity index (χ1) is 6.61. The number of hydrogen-bond acceptors (Lipinski definition) is 2. The summed E-state index contributed by atoms with van der Waals surface area (Å²) in [7, 11) is 0. The Bertz CT molecular complexity index is 481. The van der Waals surface area contributed by atoms with E-state index in [1.54, 1.807) is 18.2 Å². The van der Waals surface area contributed by atoms with Gasteiger partial charge in [0.05, 0.1) is 10.3 Å². The molecular weight excluding hydrogens is 274 g/mol. The quantitative estimate of drug-likeness (QED) is 0.824. The summed E-state index contributed by atoms with van der Waals surface area (Å²) in [5, 5.41) is 9.46. The molecule has 0 saturated heterocycles. The normalized spacial score (nSPS) is 11.4. The lowest BCUT2D eigenvalue weighted by Gasteiger charge is -1.97. The molecule has 0 aliphatic heterocycles. The van der Waals surface area contributed by atoms with Crippen molar-refractivity contribution in [2.45, 2.75) is 6.43 Å². The Balaban J connectivity index is 2.83. The minimum atomic E-state index is -2.64. The number of alkyl halides is 2. The number of fused-ring (bicyclic) bond motifs is 1. The van der Waals surface area contributed by atoms with E-state index >= 15 is 0 Å². The Morgan fingerprint density at radius 1 is 1.36 bits per heavy atom. The maximum Gasteiger partial charge on any atom is 0.268 e. The van der Waals surface area contributed by atoms with E-state index in [0.717, 1.165) is 15.8 Å². The second-order valence-corrected chi connectivity index (χ2v) is 4.59. The summed E-state index contributed by atoms with van der Waals surface area (Å²) in [5.74, 6) is 0. The molecule has 1 nitrogen and oxygen atoms in total. The van der Waals surface area contributed by atoms with Crippen molar-refractivity contribution in [3.05, 3.63) is 28.2 Å². The van der Waals surface area contributed by atoms with E-state index in [1.807, 2.05) is 0 Å². The molecule has 5 heteroatoms. The highest BCUT2D eigenvalue weighted by Crippen LogP contribution is 2.44. The Hall–Kier alpha value is -0.680. The van der Waals surface area contributed by atoms with Crippen molar-refractivity contribution in [1.82, 2.24) is 0 Å². The fraction of sp³-hybridized carbons (Fsp3) is 0.111. The smallest absolute Gasteiger partial charge is 0.268 e. The highest BCUT2D eigenvalue weighted by Gasteiger charge is 2.20. The van der Waals surface area contributed by atoms with Crippen molar-refractivity contribution in [3.63, 3.8) is 0 Å². The van der Waals surface area contributed by atoms with Crippen molar-refractivity contribution >= 4 is 37.4 Å². The van der Waals surface area contributed by atoms with Gasteiger partial charge in [0.2, 0.25) is 0 Å². The summed E-state index contributed by atoms with van der Waals surface area (Å²) >= 11 is 4.21. The molecule has 1 heterocycles. The summed E-state index contributed by atoms with van der Waals surface area (Å²) in [4.78, 5) is 0. The average Bonchev–Trinajstić information content (AvgIpc) is 2.42. The first-order valence-electron chi connectivity index (χ1n) is 3.79. The fourth-order valence-corrected chi connectivity index (χ4v) is 2.87. The Labute approximate surface area is 91.1 Å². The summed E-state index contributed by atoms with van der Waals surface area (Å²) in [5.41, 5.74) is -0.272. The van der Waals surface area contributed by atoms with E-state index in [1.165, 1.54) is 0 Å². The van der Waals surface area contributed by atoms with Gasteiger partial charge in [-0.05, 0) is 22.0 Å². The summed E-state index contributed by atoms with van der Waals surface area (Å²) in [6, 6.07) is 5.01. The molecule has 0 unspecified atom stereocenters. The first kappa shape index (κ1) is 9.86. The van der Waals surface area contributed by atoms with Gasteiger partial charge in [-0.3, -0.25) is 0 Å². The molecule has 0 spiro atoms. The van der Waals surface area contributed by atoms with E-state index < -0.39 is 6.43 Å². The lowest BCUT2D eigenvalue weighted by Crippen LogP contribution is -1.80. The predicted molar refractivity (Wildman–Crippen MR) is 56.1 cm³/mol. The van der Waals surface area contributed by atoms with Crippen LogP contribution in [-0.2, 0) is 0 Å². The number of halogens is 3. The number of rotatable bonds is 1. The topological polar surface area (TPSA) is 20.2 Å². The van der Waals surface area contributed by atoms with Gasteiger partial charge in [-0.25, -0.2) is 8.78 Å². The fourth-order valence-electron chi connectivity index (χ4n) is 1.30. The van der Waals surface area contributed by atoms with Crippen LogP contribution in [0.5, 0.6) is 5.06 Å². The molecule has 1 N–H and O–H groups in total. The minimum Gasteiger partial charge on any atom is -0.499 e.